The fourth-order valence-electron chi connectivity index (χ4n) is 1.75. The summed E-state index contributed by atoms with van der Waals surface area (Å²) >= 11 is 1.97. The Kier molecular flexibility index (Phi) is 2.42. The molecule has 1 aliphatic heterocycles. The molecule has 2 heteroatoms. The van der Waals surface area contributed by atoms with Crippen LogP contribution in [0.3, 0.4) is 0 Å². The summed E-state index contributed by atoms with van der Waals surface area (Å²) in [5.74, 6) is 2.15. The van der Waals surface area contributed by atoms with E-state index in [1.165, 1.54) is 31.4 Å². The van der Waals surface area contributed by atoms with E-state index < -0.39 is 0 Å². The van der Waals surface area contributed by atoms with E-state index in [1.807, 2.05) is 11.8 Å². The molecule has 1 saturated heterocycles. The minimum absolute atomic E-state index is 0.00926. The number of rotatable bonds is 3. The highest BCUT2D eigenvalue weighted by Gasteiger charge is 2.30. The number of aliphatic hydroxyl groups is 1. The van der Waals surface area contributed by atoms with Gasteiger partial charge in [-0.25, -0.2) is 0 Å². The maximum Gasteiger partial charge on any atom is 0.0661 e. The first-order valence-corrected chi connectivity index (χ1v) is 5.71. The van der Waals surface area contributed by atoms with Gasteiger partial charge in [-0.3, -0.25) is 0 Å². The summed E-state index contributed by atoms with van der Waals surface area (Å²) in [6.45, 7) is 0. The lowest BCUT2D eigenvalue weighted by molar-refractivity contribution is 0.153. The fourth-order valence-corrected chi connectivity index (χ4v) is 3.06. The molecular weight excluding hydrogens is 156 g/mol. The number of thioether (sulfide) groups is 1. The first-order chi connectivity index (χ1) is 5.36. The molecule has 0 aromatic rings. The molecule has 1 saturated carbocycles. The summed E-state index contributed by atoms with van der Waals surface area (Å²) in [7, 11) is 0. The van der Waals surface area contributed by atoms with Crippen LogP contribution >= 0.6 is 11.8 Å². The van der Waals surface area contributed by atoms with Crippen molar-refractivity contribution in [3.8, 4) is 0 Å². The average Bonchev–Trinajstić information content (AvgIpc) is 2.67. The Morgan fingerprint density at radius 1 is 1.36 bits per heavy atom. The Balaban J connectivity index is 1.73. The summed E-state index contributed by atoms with van der Waals surface area (Å²) in [4.78, 5) is 0. The monoisotopic (exact) mass is 172 g/mol. The van der Waals surface area contributed by atoms with Gasteiger partial charge in [0.15, 0.2) is 0 Å². The number of hydrogen-bond acceptors (Lipinski definition) is 2. The van der Waals surface area contributed by atoms with Crippen LogP contribution in [0.2, 0.25) is 0 Å². The molecule has 2 fully saturated rings. The van der Waals surface area contributed by atoms with E-state index >= 15 is 0 Å². The minimum Gasteiger partial charge on any atom is -0.392 e. The van der Waals surface area contributed by atoms with Gasteiger partial charge in [0.2, 0.25) is 0 Å². The van der Waals surface area contributed by atoms with Crippen LogP contribution in [0.5, 0.6) is 0 Å². The molecule has 0 bridgehead atoms. The smallest absolute Gasteiger partial charge is 0.0661 e. The van der Waals surface area contributed by atoms with Gasteiger partial charge in [-0.05, 0) is 30.9 Å². The predicted molar refractivity (Wildman–Crippen MR) is 48.8 cm³/mol. The second-order valence-corrected chi connectivity index (χ2v) is 5.14. The van der Waals surface area contributed by atoms with Crippen molar-refractivity contribution in [1.82, 2.24) is 0 Å². The highest BCUT2D eigenvalue weighted by Crippen LogP contribution is 2.38. The molecule has 0 amide bonds. The second kappa shape index (κ2) is 3.36. The summed E-state index contributed by atoms with van der Waals surface area (Å²) in [6.07, 6.45) is 6.39. The molecular formula is C9H16OS. The Bertz CT molecular complexity index is 128. The first kappa shape index (κ1) is 7.93. The van der Waals surface area contributed by atoms with Crippen LogP contribution in [0.15, 0.2) is 0 Å². The highest BCUT2D eigenvalue weighted by molar-refractivity contribution is 8.00. The van der Waals surface area contributed by atoms with E-state index in [2.05, 4.69) is 0 Å². The van der Waals surface area contributed by atoms with Crippen LogP contribution in [0, 0.1) is 5.92 Å². The summed E-state index contributed by atoms with van der Waals surface area (Å²) in [6, 6.07) is 0. The number of aliphatic hydroxyl groups excluding tert-OH is 1. The maximum atomic E-state index is 9.74. The van der Waals surface area contributed by atoms with Crippen LogP contribution in [-0.2, 0) is 0 Å². The van der Waals surface area contributed by atoms with E-state index in [1.54, 1.807) is 0 Å². The van der Waals surface area contributed by atoms with Crippen molar-refractivity contribution < 1.29 is 5.11 Å². The van der Waals surface area contributed by atoms with Crippen LogP contribution in [-0.4, -0.2) is 22.2 Å². The summed E-state index contributed by atoms with van der Waals surface area (Å²) < 4.78 is 0. The van der Waals surface area contributed by atoms with Gasteiger partial charge >= 0.3 is 0 Å². The zero-order chi connectivity index (χ0) is 7.68. The van der Waals surface area contributed by atoms with Crippen molar-refractivity contribution in [3.05, 3.63) is 0 Å². The molecule has 0 aromatic carbocycles. The lowest BCUT2D eigenvalue weighted by Gasteiger charge is -2.15. The molecule has 0 spiro atoms. The third kappa shape index (κ3) is 2.12. The van der Waals surface area contributed by atoms with Crippen molar-refractivity contribution in [1.29, 1.82) is 0 Å². The zero-order valence-electron chi connectivity index (χ0n) is 6.83. The zero-order valence-corrected chi connectivity index (χ0v) is 7.65. The molecule has 1 aliphatic carbocycles. The second-order valence-electron chi connectivity index (χ2n) is 3.80. The Labute approximate surface area is 72.6 Å². The van der Waals surface area contributed by atoms with E-state index in [0.717, 1.165) is 12.3 Å². The van der Waals surface area contributed by atoms with Crippen molar-refractivity contribution >= 4 is 11.8 Å². The molecule has 1 N–H and O–H groups in total. The van der Waals surface area contributed by atoms with E-state index in [9.17, 15) is 5.11 Å². The van der Waals surface area contributed by atoms with Crippen LogP contribution < -0.4 is 0 Å². The van der Waals surface area contributed by atoms with Gasteiger partial charge in [0, 0.05) is 5.25 Å². The van der Waals surface area contributed by atoms with E-state index in [0.29, 0.717) is 5.25 Å². The maximum absolute atomic E-state index is 9.74. The Morgan fingerprint density at radius 2 is 2.18 bits per heavy atom. The van der Waals surface area contributed by atoms with Crippen molar-refractivity contribution in [2.75, 3.05) is 5.75 Å². The molecule has 0 radical (unpaired) electrons. The molecule has 2 atom stereocenters. The third-order valence-electron chi connectivity index (χ3n) is 2.67. The van der Waals surface area contributed by atoms with Gasteiger partial charge < -0.3 is 5.11 Å². The Hall–Kier alpha value is 0.310. The van der Waals surface area contributed by atoms with Gasteiger partial charge in [0.05, 0.1) is 6.10 Å². The molecule has 2 aliphatic rings. The minimum atomic E-state index is 0.00926. The lowest BCUT2D eigenvalue weighted by Crippen LogP contribution is -2.20. The van der Waals surface area contributed by atoms with Crippen molar-refractivity contribution in [2.45, 2.75) is 43.5 Å². The number of hydrogen-bond donors (Lipinski definition) is 1. The Morgan fingerprint density at radius 3 is 2.73 bits per heavy atom. The van der Waals surface area contributed by atoms with Gasteiger partial charge in [-0.1, -0.05) is 12.8 Å². The van der Waals surface area contributed by atoms with Crippen molar-refractivity contribution in [3.63, 3.8) is 0 Å². The van der Waals surface area contributed by atoms with Crippen LogP contribution in [0.4, 0.5) is 0 Å². The molecule has 1 nitrogen and oxygen atoms in total. The van der Waals surface area contributed by atoms with Gasteiger partial charge in [0.1, 0.15) is 0 Å². The summed E-state index contributed by atoms with van der Waals surface area (Å²) in [5.41, 5.74) is 0. The third-order valence-corrected chi connectivity index (χ3v) is 4.17. The lowest BCUT2D eigenvalue weighted by atomic mass is 10.1. The molecule has 11 heavy (non-hydrogen) atoms. The molecule has 2 unspecified atom stereocenters. The first-order valence-electron chi connectivity index (χ1n) is 4.66. The molecule has 2 rings (SSSR count). The van der Waals surface area contributed by atoms with Gasteiger partial charge in [0.25, 0.3) is 0 Å². The fraction of sp³-hybridized carbons (Fsp3) is 1.00. The van der Waals surface area contributed by atoms with E-state index in [4.69, 9.17) is 0 Å². The molecule has 1 heterocycles. The highest BCUT2D eigenvalue weighted by atomic mass is 32.2. The van der Waals surface area contributed by atoms with Gasteiger partial charge in [-0.2, -0.15) is 11.8 Å². The standard InChI is InChI=1S/C9H16OS/c10-8(6-7-3-4-7)9-2-1-5-11-9/h7-10H,1-6H2. The topological polar surface area (TPSA) is 20.2 Å². The van der Waals surface area contributed by atoms with Crippen LogP contribution in [0.1, 0.15) is 32.1 Å². The van der Waals surface area contributed by atoms with Crippen molar-refractivity contribution in [2.24, 2.45) is 5.92 Å². The van der Waals surface area contributed by atoms with Gasteiger partial charge in [-0.15, -0.1) is 0 Å². The SMILES string of the molecule is OC(CC1CC1)C1CCCS1. The largest absolute Gasteiger partial charge is 0.392 e. The van der Waals surface area contributed by atoms with E-state index in [-0.39, 0.29) is 6.10 Å². The molecule has 0 aromatic heterocycles. The molecule has 64 valence electrons. The quantitative estimate of drug-likeness (QED) is 0.703. The predicted octanol–water partition coefficient (Wildman–Crippen LogP) is 2.04. The average molecular weight is 172 g/mol. The normalized spacial score (nSPS) is 34.1. The van der Waals surface area contributed by atoms with Crippen LogP contribution in [0.25, 0.3) is 0 Å². The summed E-state index contributed by atoms with van der Waals surface area (Å²) in [5, 5.41) is 10.3.